The number of rotatable bonds is 2. The fraction of sp³-hybridized carbons (Fsp3) is 0.588. The van der Waals surface area contributed by atoms with Gasteiger partial charge in [0.05, 0.1) is 6.20 Å². The van der Waals surface area contributed by atoms with Gasteiger partial charge in [-0.3, -0.25) is 14.6 Å². The van der Waals surface area contributed by atoms with Crippen LogP contribution < -0.4 is 10.6 Å². The number of aromatic nitrogens is 2. The highest BCUT2D eigenvalue weighted by Crippen LogP contribution is 2.31. The minimum atomic E-state index is -0.486. The number of amides is 4. The van der Waals surface area contributed by atoms with E-state index in [0.717, 1.165) is 0 Å². The fourth-order valence-electron chi connectivity index (χ4n) is 3.49. The lowest BCUT2D eigenvalue weighted by Crippen LogP contribution is -2.48. The monoisotopic (exact) mass is 360 g/mol. The largest absolute Gasteiger partial charge is 0.355 e. The zero-order valence-corrected chi connectivity index (χ0v) is 15.1. The first-order chi connectivity index (χ1) is 12.4. The van der Waals surface area contributed by atoms with Crippen molar-refractivity contribution in [3.05, 3.63) is 24.3 Å². The van der Waals surface area contributed by atoms with Gasteiger partial charge < -0.3 is 20.4 Å². The van der Waals surface area contributed by atoms with Gasteiger partial charge in [0.1, 0.15) is 5.69 Å². The van der Waals surface area contributed by atoms with Crippen molar-refractivity contribution in [3.63, 3.8) is 0 Å². The van der Waals surface area contributed by atoms with Crippen LogP contribution in [0.4, 0.5) is 4.79 Å². The van der Waals surface area contributed by atoms with Crippen LogP contribution in [0.2, 0.25) is 0 Å². The Kier molecular flexibility index (Phi) is 5.06. The van der Waals surface area contributed by atoms with Crippen LogP contribution in [0.25, 0.3) is 0 Å². The fourth-order valence-corrected chi connectivity index (χ4v) is 3.49. The zero-order chi connectivity index (χ0) is 18.7. The van der Waals surface area contributed by atoms with Crippen LogP contribution in [0, 0.1) is 5.41 Å². The Labute approximate surface area is 152 Å². The van der Waals surface area contributed by atoms with Gasteiger partial charge in [-0.05, 0) is 13.8 Å². The molecule has 2 fully saturated rings. The molecule has 0 aliphatic carbocycles. The quantitative estimate of drug-likeness (QED) is 0.763. The predicted molar refractivity (Wildman–Crippen MR) is 93.2 cm³/mol. The van der Waals surface area contributed by atoms with E-state index in [1.807, 2.05) is 13.8 Å². The van der Waals surface area contributed by atoms with Gasteiger partial charge in [-0.2, -0.15) is 0 Å². The van der Waals surface area contributed by atoms with Crippen LogP contribution in [0.15, 0.2) is 18.6 Å². The number of nitrogens with one attached hydrogen (secondary N) is 2. The minimum absolute atomic E-state index is 0.0161. The van der Waals surface area contributed by atoms with Crippen molar-refractivity contribution < 1.29 is 14.4 Å². The second kappa shape index (κ2) is 7.27. The average molecular weight is 360 g/mol. The molecular formula is C17H24N6O3. The number of hydrogen-bond acceptors (Lipinski definition) is 5. The van der Waals surface area contributed by atoms with Crippen molar-refractivity contribution >= 4 is 17.8 Å². The summed E-state index contributed by atoms with van der Waals surface area (Å²) in [6.07, 6.45) is 4.71. The van der Waals surface area contributed by atoms with E-state index in [-0.39, 0.29) is 29.6 Å². The Balaban J connectivity index is 1.82. The lowest BCUT2D eigenvalue weighted by molar-refractivity contribution is -0.119. The third kappa shape index (κ3) is 3.92. The van der Waals surface area contributed by atoms with E-state index < -0.39 is 5.41 Å². The normalized spacial score (nSPS) is 23.1. The van der Waals surface area contributed by atoms with Crippen molar-refractivity contribution in [1.82, 2.24) is 30.4 Å². The second-order valence-electron chi connectivity index (χ2n) is 7.30. The van der Waals surface area contributed by atoms with E-state index in [1.165, 1.54) is 18.6 Å². The molecule has 0 saturated carbocycles. The summed E-state index contributed by atoms with van der Waals surface area (Å²) in [7, 11) is 0. The van der Waals surface area contributed by atoms with E-state index in [0.29, 0.717) is 39.1 Å². The van der Waals surface area contributed by atoms with Gasteiger partial charge in [0.2, 0.25) is 5.91 Å². The third-order valence-corrected chi connectivity index (χ3v) is 4.66. The van der Waals surface area contributed by atoms with Crippen LogP contribution in [0.3, 0.4) is 0 Å². The number of carbonyl (C=O) groups is 3. The van der Waals surface area contributed by atoms with Gasteiger partial charge in [-0.25, -0.2) is 9.78 Å². The maximum absolute atomic E-state index is 12.8. The number of nitrogens with zero attached hydrogens (tertiary/aromatic N) is 4. The molecule has 1 unspecified atom stereocenters. The van der Waals surface area contributed by atoms with Crippen molar-refractivity contribution in [2.24, 2.45) is 5.41 Å². The molecule has 140 valence electrons. The first-order valence-electron chi connectivity index (χ1n) is 8.76. The van der Waals surface area contributed by atoms with E-state index in [1.54, 1.807) is 9.80 Å². The van der Waals surface area contributed by atoms with Crippen LogP contribution in [0.1, 0.15) is 30.8 Å². The molecule has 0 radical (unpaired) electrons. The highest BCUT2D eigenvalue weighted by Gasteiger charge is 2.45. The first-order valence-corrected chi connectivity index (χ1v) is 8.76. The molecule has 0 aromatic carbocycles. The molecule has 9 heteroatoms. The van der Waals surface area contributed by atoms with E-state index >= 15 is 0 Å². The Hall–Kier alpha value is -2.71. The summed E-state index contributed by atoms with van der Waals surface area (Å²) in [6, 6.07) is -0.158. The van der Waals surface area contributed by atoms with Crippen molar-refractivity contribution in [2.45, 2.75) is 26.3 Å². The van der Waals surface area contributed by atoms with Gasteiger partial charge >= 0.3 is 6.03 Å². The summed E-state index contributed by atoms with van der Waals surface area (Å²) in [5.74, 6) is -0.286. The summed E-state index contributed by atoms with van der Waals surface area (Å²) in [6.45, 7) is 5.85. The molecule has 3 heterocycles. The van der Waals surface area contributed by atoms with Crippen LogP contribution in [-0.4, -0.2) is 76.4 Å². The van der Waals surface area contributed by atoms with Crippen molar-refractivity contribution in [3.8, 4) is 0 Å². The average Bonchev–Trinajstić information content (AvgIpc) is 2.86. The molecule has 4 amide bonds. The van der Waals surface area contributed by atoms with Crippen molar-refractivity contribution in [2.75, 3.05) is 32.7 Å². The molecule has 2 N–H and O–H groups in total. The van der Waals surface area contributed by atoms with Gasteiger partial charge in [-0.15, -0.1) is 0 Å². The van der Waals surface area contributed by atoms with E-state index in [2.05, 4.69) is 20.6 Å². The zero-order valence-electron chi connectivity index (χ0n) is 15.1. The Morgan fingerprint density at radius 2 is 1.96 bits per heavy atom. The Morgan fingerprint density at radius 3 is 2.58 bits per heavy atom. The summed E-state index contributed by atoms with van der Waals surface area (Å²) in [5, 5.41) is 5.73. The maximum atomic E-state index is 12.8. The highest BCUT2D eigenvalue weighted by atomic mass is 16.2. The summed E-state index contributed by atoms with van der Waals surface area (Å²) in [4.78, 5) is 48.6. The van der Waals surface area contributed by atoms with Gasteiger partial charge in [0, 0.05) is 63.0 Å². The van der Waals surface area contributed by atoms with Crippen molar-refractivity contribution in [1.29, 1.82) is 0 Å². The van der Waals surface area contributed by atoms with Crippen LogP contribution in [-0.2, 0) is 4.79 Å². The molecule has 2 aliphatic heterocycles. The lowest BCUT2D eigenvalue weighted by Gasteiger charge is -2.32. The molecule has 1 aromatic heterocycles. The molecule has 1 aromatic rings. The summed E-state index contributed by atoms with van der Waals surface area (Å²) < 4.78 is 0. The molecule has 9 nitrogen and oxygen atoms in total. The summed E-state index contributed by atoms with van der Waals surface area (Å²) >= 11 is 0. The topological polar surface area (TPSA) is 108 Å². The highest BCUT2D eigenvalue weighted by molar-refractivity contribution is 5.92. The minimum Gasteiger partial charge on any atom is -0.355 e. The number of urea groups is 1. The second-order valence-corrected chi connectivity index (χ2v) is 7.30. The van der Waals surface area contributed by atoms with Gasteiger partial charge in [0.15, 0.2) is 0 Å². The molecule has 1 spiro atoms. The van der Waals surface area contributed by atoms with Gasteiger partial charge in [0.25, 0.3) is 5.91 Å². The van der Waals surface area contributed by atoms with Crippen LogP contribution >= 0.6 is 0 Å². The molecule has 2 aliphatic rings. The molecule has 0 bridgehead atoms. The van der Waals surface area contributed by atoms with E-state index in [9.17, 15) is 14.4 Å². The number of hydrogen-bond donors (Lipinski definition) is 2. The molecular weight excluding hydrogens is 336 g/mol. The summed E-state index contributed by atoms with van der Waals surface area (Å²) in [5.41, 5.74) is -0.222. The van der Waals surface area contributed by atoms with E-state index in [4.69, 9.17) is 0 Å². The third-order valence-electron chi connectivity index (χ3n) is 4.66. The Bertz CT molecular complexity index is 695. The molecule has 2 saturated heterocycles. The Morgan fingerprint density at radius 1 is 1.23 bits per heavy atom. The maximum Gasteiger partial charge on any atom is 0.317 e. The standard InChI is InChI=1S/C17H24N6O3/c1-12(2)21-16(26)23-6-5-22(15(25)13-8-18-3-4-19-13)10-17(11-23)7-14(24)20-9-17/h3-4,8,12H,5-7,9-11H2,1-2H3,(H,20,24)(H,21,26). The van der Waals surface area contributed by atoms with Gasteiger partial charge in [-0.1, -0.05) is 0 Å². The molecule has 26 heavy (non-hydrogen) atoms. The molecule has 1 atom stereocenters. The number of carbonyl (C=O) groups excluding carboxylic acids is 3. The van der Waals surface area contributed by atoms with Crippen LogP contribution in [0.5, 0.6) is 0 Å². The first kappa shape index (κ1) is 18.1. The SMILES string of the molecule is CC(C)NC(=O)N1CCN(C(=O)c2cnccn2)CC2(CNC(=O)C2)C1. The smallest absolute Gasteiger partial charge is 0.317 e. The molecule has 3 rings (SSSR count). The predicted octanol–water partition coefficient (Wildman–Crippen LogP) is -0.141. The lowest BCUT2D eigenvalue weighted by atomic mass is 9.86.